The third-order valence-electron chi connectivity index (χ3n) is 8.52. The molecule has 1 fully saturated rings. The summed E-state index contributed by atoms with van der Waals surface area (Å²) < 4.78 is 25.1. The summed E-state index contributed by atoms with van der Waals surface area (Å²) in [7, 11) is 5.52. The van der Waals surface area contributed by atoms with Gasteiger partial charge < -0.3 is 19.3 Å². The number of rotatable bonds is 11. The zero-order valence-electron chi connectivity index (χ0n) is 23.9. The Hall–Kier alpha value is -2.93. The molecule has 0 spiro atoms. The van der Waals surface area contributed by atoms with Crippen LogP contribution in [0.1, 0.15) is 69.0 Å². The Labute approximate surface area is 233 Å². The van der Waals surface area contributed by atoms with Crippen LogP contribution in [0.5, 0.6) is 0 Å². The van der Waals surface area contributed by atoms with Crippen molar-refractivity contribution < 1.29 is 18.7 Å². The molecule has 4 rings (SSSR count). The van der Waals surface area contributed by atoms with Crippen LogP contribution >= 0.6 is 0 Å². The van der Waals surface area contributed by atoms with E-state index in [-0.39, 0.29) is 17.9 Å². The summed E-state index contributed by atoms with van der Waals surface area (Å²) in [5, 5.41) is 0. The van der Waals surface area contributed by atoms with Crippen LogP contribution in [0.3, 0.4) is 0 Å². The summed E-state index contributed by atoms with van der Waals surface area (Å²) in [6, 6.07) is 17.6. The molecule has 0 bridgehead atoms. The van der Waals surface area contributed by atoms with Gasteiger partial charge in [0.2, 0.25) is 5.72 Å². The predicted molar refractivity (Wildman–Crippen MR) is 153 cm³/mol. The number of benzene rings is 2. The van der Waals surface area contributed by atoms with Gasteiger partial charge in [-0.25, -0.2) is 14.2 Å². The number of nitrogens with zero attached hydrogens (tertiary/aromatic N) is 3. The van der Waals surface area contributed by atoms with Crippen molar-refractivity contribution in [3.8, 4) is 0 Å². The smallest absolute Gasteiger partial charge is 0.438 e. The van der Waals surface area contributed by atoms with Gasteiger partial charge in [-0.1, -0.05) is 55.8 Å². The molecule has 39 heavy (non-hydrogen) atoms. The third-order valence-corrected chi connectivity index (χ3v) is 8.52. The lowest BCUT2D eigenvalue weighted by atomic mass is 9.71. The van der Waals surface area contributed by atoms with Crippen molar-refractivity contribution in [3.63, 3.8) is 0 Å². The van der Waals surface area contributed by atoms with Gasteiger partial charge in [0.1, 0.15) is 5.82 Å². The lowest BCUT2D eigenvalue weighted by Crippen LogP contribution is -2.54. The van der Waals surface area contributed by atoms with E-state index in [1.54, 1.807) is 12.1 Å². The molecule has 1 aliphatic heterocycles. The molecule has 0 aromatic heterocycles. The average Bonchev–Trinajstić information content (AvgIpc) is 3.29. The first-order valence-electron chi connectivity index (χ1n) is 14.4. The van der Waals surface area contributed by atoms with Gasteiger partial charge in [0, 0.05) is 19.0 Å². The van der Waals surface area contributed by atoms with Crippen molar-refractivity contribution in [3.05, 3.63) is 71.5 Å². The first kappa shape index (κ1) is 29.1. The van der Waals surface area contributed by atoms with Crippen LogP contribution in [0.15, 0.2) is 59.6 Å². The number of methoxy groups -OCH3 is 1. The summed E-state index contributed by atoms with van der Waals surface area (Å²) in [5.41, 5.74) is 1.36. The van der Waals surface area contributed by atoms with Gasteiger partial charge in [0.05, 0.1) is 19.5 Å². The molecule has 2 aliphatic rings. The molecule has 2 aromatic carbocycles. The van der Waals surface area contributed by atoms with Gasteiger partial charge >= 0.3 is 6.16 Å². The maximum Gasteiger partial charge on any atom is 0.510 e. The molecular formula is C32H44FN3O3. The van der Waals surface area contributed by atoms with Crippen LogP contribution in [0.25, 0.3) is 0 Å². The lowest BCUT2D eigenvalue weighted by Gasteiger charge is -2.45. The number of aliphatic imine (C=N–C) groups is 1. The summed E-state index contributed by atoms with van der Waals surface area (Å²) >= 11 is 0. The van der Waals surface area contributed by atoms with Gasteiger partial charge in [-0.15, -0.1) is 0 Å². The topological polar surface area (TPSA) is 54.4 Å². The first-order valence-corrected chi connectivity index (χ1v) is 14.4. The van der Waals surface area contributed by atoms with Crippen LogP contribution in [0.4, 0.5) is 9.18 Å². The van der Waals surface area contributed by atoms with Crippen molar-refractivity contribution >= 4 is 12.5 Å². The highest BCUT2D eigenvalue weighted by atomic mass is 19.1. The standard InChI is InChI=1S/C32H44FN3O3/c1-5-6-20-32(39-31(37)38-4)30(36(23-34-32)21-19-24-11-8-7-9-12-24)26-17-15-25(16-18-26)29(35(2)3)27-13-10-14-28(33)22-27/h7-14,22-23,25-26,29-30H,5-6,15-21H2,1-4H3. The highest BCUT2D eigenvalue weighted by molar-refractivity contribution is 5.64. The molecule has 1 heterocycles. The van der Waals surface area contributed by atoms with Gasteiger partial charge in [-0.2, -0.15) is 0 Å². The molecule has 3 unspecified atom stereocenters. The Morgan fingerprint density at radius 2 is 1.87 bits per heavy atom. The van der Waals surface area contributed by atoms with E-state index in [2.05, 4.69) is 55.1 Å². The van der Waals surface area contributed by atoms with Crippen LogP contribution in [0.2, 0.25) is 0 Å². The molecular weight excluding hydrogens is 493 g/mol. The largest absolute Gasteiger partial charge is 0.510 e. The zero-order valence-corrected chi connectivity index (χ0v) is 23.9. The Morgan fingerprint density at radius 3 is 2.51 bits per heavy atom. The summed E-state index contributed by atoms with van der Waals surface area (Å²) in [6.07, 6.45) is 8.74. The second-order valence-corrected chi connectivity index (χ2v) is 11.3. The second-order valence-electron chi connectivity index (χ2n) is 11.3. The van der Waals surface area contributed by atoms with E-state index in [0.29, 0.717) is 18.3 Å². The van der Waals surface area contributed by atoms with Crippen LogP contribution in [-0.4, -0.2) is 61.8 Å². The van der Waals surface area contributed by atoms with E-state index in [1.165, 1.54) is 18.7 Å². The quantitative estimate of drug-likeness (QED) is 0.293. The second kappa shape index (κ2) is 13.4. The molecule has 0 saturated heterocycles. The summed E-state index contributed by atoms with van der Waals surface area (Å²) in [6.45, 7) is 2.95. The van der Waals surface area contributed by atoms with E-state index < -0.39 is 11.9 Å². The number of hydrogen-bond acceptors (Lipinski definition) is 6. The fraction of sp³-hybridized carbons (Fsp3) is 0.562. The number of ether oxygens (including phenoxy) is 2. The number of hydrogen-bond donors (Lipinski definition) is 0. The Kier molecular flexibility index (Phi) is 10.0. The number of halogens is 1. The van der Waals surface area contributed by atoms with Crippen molar-refractivity contribution in [2.45, 2.75) is 76.1 Å². The maximum absolute atomic E-state index is 14.1. The summed E-state index contributed by atoms with van der Waals surface area (Å²) in [5.74, 6) is 0.548. The minimum Gasteiger partial charge on any atom is -0.438 e. The highest BCUT2D eigenvalue weighted by Gasteiger charge is 2.52. The molecule has 212 valence electrons. The van der Waals surface area contributed by atoms with Crippen LogP contribution < -0.4 is 0 Å². The lowest BCUT2D eigenvalue weighted by molar-refractivity contribution is -0.0767. The molecule has 7 heteroatoms. The Balaban J connectivity index is 1.55. The average molecular weight is 538 g/mol. The van der Waals surface area contributed by atoms with Crippen molar-refractivity contribution in [1.82, 2.24) is 9.80 Å². The van der Waals surface area contributed by atoms with Gasteiger partial charge in [0.15, 0.2) is 0 Å². The first-order chi connectivity index (χ1) is 18.9. The molecule has 1 saturated carbocycles. The molecule has 0 amide bonds. The number of carbonyl (C=O) groups excluding carboxylic acids is 1. The fourth-order valence-corrected chi connectivity index (χ4v) is 6.74. The van der Waals surface area contributed by atoms with E-state index in [4.69, 9.17) is 14.5 Å². The summed E-state index contributed by atoms with van der Waals surface area (Å²) in [4.78, 5) is 21.9. The molecule has 2 aromatic rings. The van der Waals surface area contributed by atoms with Crippen molar-refractivity contribution in [1.29, 1.82) is 0 Å². The Bertz CT molecular complexity index is 1090. The molecule has 3 atom stereocenters. The molecule has 1 aliphatic carbocycles. The van der Waals surface area contributed by atoms with E-state index >= 15 is 0 Å². The minimum atomic E-state index is -0.944. The molecule has 6 nitrogen and oxygen atoms in total. The number of carbonyl (C=O) groups is 1. The van der Waals surface area contributed by atoms with Crippen molar-refractivity contribution in [2.75, 3.05) is 27.7 Å². The SMILES string of the molecule is CCCCC1(OC(=O)OC)N=CN(CCc2ccccc2)C1C1CCC(C(c2cccc(F)c2)N(C)C)CC1. The van der Waals surface area contributed by atoms with Crippen LogP contribution in [-0.2, 0) is 15.9 Å². The van der Waals surface area contributed by atoms with Gasteiger partial charge in [-0.05, 0) is 87.7 Å². The van der Waals surface area contributed by atoms with Gasteiger partial charge in [0.25, 0.3) is 0 Å². The zero-order chi connectivity index (χ0) is 27.8. The van der Waals surface area contributed by atoms with E-state index in [1.807, 2.05) is 18.5 Å². The van der Waals surface area contributed by atoms with Gasteiger partial charge in [-0.3, -0.25) is 0 Å². The Morgan fingerprint density at radius 1 is 1.13 bits per heavy atom. The maximum atomic E-state index is 14.1. The molecule has 0 radical (unpaired) electrons. The monoisotopic (exact) mass is 537 g/mol. The minimum absolute atomic E-state index is 0.0419. The number of unbranched alkanes of at least 4 members (excludes halogenated alkanes) is 1. The predicted octanol–water partition coefficient (Wildman–Crippen LogP) is 6.86. The molecule has 0 N–H and O–H groups in total. The van der Waals surface area contributed by atoms with Crippen LogP contribution in [0, 0.1) is 17.7 Å². The van der Waals surface area contributed by atoms with Crippen molar-refractivity contribution in [2.24, 2.45) is 16.8 Å². The van der Waals surface area contributed by atoms with E-state index in [0.717, 1.165) is 57.1 Å². The van der Waals surface area contributed by atoms with E-state index in [9.17, 15) is 9.18 Å². The normalized spacial score (nSPS) is 25.6. The highest BCUT2D eigenvalue weighted by Crippen LogP contribution is 2.46. The third kappa shape index (κ3) is 6.99. The fourth-order valence-electron chi connectivity index (χ4n) is 6.74.